The third-order valence-corrected chi connectivity index (χ3v) is 5.54. The summed E-state index contributed by atoms with van der Waals surface area (Å²) < 4.78 is 1.99. The van der Waals surface area contributed by atoms with Gasteiger partial charge in [-0.25, -0.2) is 0 Å². The zero-order valence-corrected chi connectivity index (χ0v) is 15.6. The maximum atomic E-state index is 12.7. The van der Waals surface area contributed by atoms with Crippen LogP contribution in [-0.2, 0) is 11.2 Å². The smallest absolute Gasteiger partial charge is 0.229 e. The molecule has 27 heavy (non-hydrogen) atoms. The van der Waals surface area contributed by atoms with Crippen molar-refractivity contribution in [2.24, 2.45) is 11.7 Å². The van der Waals surface area contributed by atoms with Gasteiger partial charge in [0.2, 0.25) is 5.91 Å². The van der Waals surface area contributed by atoms with E-state index in [0.29, 0.717) is 6.42 Å². The highest BCUT2D eigenvalue weighted by Gasteiger charge is 2.37. The largest absolute Gasteiger partial charge is 0.326 e. The minimum Gasteiger partial charge on any atom is -0.326 e. The molecule has 2 unspecified atom stereocenters. The van der Waals surface area contributed by atoms with Gasteiger partial charge >= 0.3 is 0 Å². The highest BCUT2D eigenvalue weighted by atomic mass is 16.1. The topological polar surface area (TPSA) is 85.3 Å². The molecule has 1 amide bonds. The van der Waals surface area contributed by atoms with Crippen LogP contribution < -0.4 is 11.1 Å². The van der Waals surface area contributed by atoms with Crippen molar-refractivity contribution in [3.05, 3.63) is 60.0 Å². The van der Waals surface area contributed by atoms with Crippen molar-refractivity contribution in [3.8, 4) is 0 Å². The molecule has 0 radical (unpaired) electrons. The number of carbonyl (C=O) groups excluding carboxylic acids is 1. The normalized spacial score (nSPS) is 22.7. The van der Waals surface area contributed by atoms with Crippen LogP contribution in [0, 0.1) is 5.92 Å². The number of benzene rings is 1. The fourth-order valence-electron chi connectivity index (χ4n) is 3.92. The fourth-order valence-corrected chi connectivity index (χ4v) is 3.92. The Kier molecular flexibility index (Phi) is 4.66. The van der Waals surface area contributed by atoms with Crippen molar-refractivity contribution in [2.45, 2.75) is 44.6 Å². The van der Waals surface area contributed by atoms with E-state index in [4.69, 9.17) is 5.73 Å². The molecule has 1 aromatic carbocycles. The summed E-state index contributed by atoms with van der Waals surface area (Å²) in [5.41, 5.74) is 8.69. The molecule has 0 spiro atoms. The van der Waals surface area contributed by atoms with E-state index in [1.165, 1.54) is 0 Å². The number of nitrogens with one attached hydrogen (secondary N) is 1. The van der Waals surface area contributed by atoms with Crippen LogP contribution in [0.4, 0.5) is 5.69 Å². The molecule has 4 rings (SSSR count). The predicted octanol–water partition coefficient (Wildman–Crippen LogP) is 3.17. The van der Waals surface area contributed by atoms with Crippen molar-refractivity contribution in [1.29, 1.82) is 0 Å². The number of rotatable bonds is 4. The average molecular weight is 363 g/mol. The monoisotopic (exact) mass is 363 g/mol. The number of aromatic nitrogens is 3. The van der Waals surface area contributed by atoms with Gasteiger partial charge in [-0.15, -0.1) is 10.2 Å². The molecule has 6 heteroatoms. The summed E-state index contributed by atoms with van der Waals surface area (Å²) in [5, 5.41) is 11.5. The lowest BCUT2D eigenvalue weighted by atomic mass is 9.74. The van der Waals surface area contributed by atoms with Crippen LogP contribution in [0.1, 0.15) is 44.0 Å². The first kappa shape index (κ1) is 17.7. The molecule has 0 saturated heterocycles. The summed E-state index contributed by atoms with van der Waals surface area (Å²) >= 11 is 0. The van der Waals surface area contributed by atoms with E-state index in [1.807, 2.05) is 60.0 Å². The van der Waals surface area contributed by atoms with Crippen LogP contribution in [0.25, 0.3) is 5.65 Å². The number of hydrogen-bond donors (Lipinski definition) is 2. The van der Waals surface area contributed by atoms with Crippen molar-refractivity contribution >= 4 is 17.2 Å². The first-order valence-corrected chi connectivity index (χ1v) is 9.50. The SMILES string of the molecule is CC1(N)CCCCC1C(=O)Nc1ccc(Cc2nnc3ccccn23)cc1. The summed E-state index contributed by atoms with van der Waals surface area (Å²) in [5.74, 6) is 0.785. The molecule has 1 saturated carbocycles. The summed E-state index contributed by atoms with van der Waals surface area (Å²) in [6, 6.07) is 13.8. The van der Waals surface area contributed by atoms with Crippen molar-refractivity contribution in [3.63, 3.8) is 0 Å². The van der Waals surface area contributed by atoms with Gasteiger partial charge in [-0.1, -0.05) is 31.0 Å². The summed E-state index contributed by atoms with van der Waals surface area (Å²) in [6.45, 7) is 1.99. The number of nitrogens with two attached hydrogens (primary N) is 1. The quantitative estimate of drug-likeness (QED) is 0.745. The molecule has 140 valence electrons. The zero-order valence-electron chi connectivity index (χ0n) is 15.6. The lowest BCUT2D eigenvalue weighted by molar-refractivity contribution is -0.122. The minimum absolute atomic E-state index is 0.0240. The predicted molar refractivity (Wildman–Crippen MR) is 105 cm³/mol. The Hall–Kier alpha value is -2.73. The molecular formula is C21H25N5O. The van der Waals surface area contributed by atoms with E-state index >= 15 is 0 Å². The van der Waals surface area contributed by atoms with Gasteiger partial charge in [0.05, 0.1) is 5.92 Å². The number of anilines is 1. The van der Waals surface area contributed by atoms with E-state index in [9.17, 15) is 4.79 Å². The van der Waals surface area contributed by atoms with Gasteiger partial charge in [0.15, 0.2) is 5.65 Å². The Morgan fingerprint density at radius 3 is 2.81 bits per heavy atom. The molecule has 6 nitrogen and oxygen atoms in total. The van der Waals surface area contributed by atoms with Gasteiger partial charge in [-0.2, -0.15) is 0 Å². The first-order chi connectivity index (χ1) is 13.0. The lowest BCUT2D eigenvalue weighted by Crippen LogP contribution is -2.51. The molecule has 0 bridgehead atoms. The molecule has 1 aliphatic carbocycles. The van der Waals surface area contributed by atoms with Gasteiger partial charge < -0.3 is 11.1 Å². The Balaban J connectivity index is 1.44. The first-order valence-electron chi connectivity index (χ1n) is 9.50. The van der Waals surface area contributed by atoms with Gasteiger partial charge in [-0.05, 0) is 49.6 Å². The molecular weight excluding hydrogens is 338 g/mol. The average Bonchev–Trinajstić information content (AvgIpc) is 3.06. The highest BCUT2D eigenvalue weighted by molar-refractivity contribution is 5.93. The maximum absolute atomic E-state index is 12.7. The van der Waals surface area contributed by atoms with Crippen molar-refractivity contribution < 1.29 is 4.79 Å². The van der Waals surface area contributed by atoms with Crippen molar-refractivity contribution in [2.75, 3.05) is 5.32 Å². The second kappa shape index (κ2) is 7.12. The Morgan fingerprint density at radius 2 is 2.04 bits per heavy atom. The van der Waals surface area contributed by atoms with E-state index in [1.54, 1.807) is 0 Å². The van der Waals surface area contributed by atoms with Crippen LogP contribution in [0.2, 0.25) is 0 Å². The molecule has 3 aromatic rings. The van der Waals surface area contributed by atoms with Crippen LogP contribution in [-0.4, -0.2) is 26.0 Å². The minimum atomic E-state index is -0.420. The van der Waals surface area contributed by atoms with E-state index in [0.717, 1.165) is 48.4 Å². The number of carbonyl (C=O) groups is 1. The molecule has 2 aromatic heterocycles. The lowest BCUT2D eigenvalue weighted by Gasteiger charge is -2.37. The number of pyridine rings is 1. The second-order valence-corrected chi connectivity index (χ2v) is 7.71. The Bertz CT molecular complexity index is 945. The Morgan fingerprint density at radius 1 is 1.22 bits per heavy atom. The zero-order chi connectivity index (χ0) is 18.9. The highest BCUT2D eigenvalue weighted by Crippen LogP contribution is 2.32. The summed E-state index contributed by atoms with van der Waals surface area (Å²) in [6.07, 6.45) is 6.57. The van der Waals surface area contributed by atoms with E-state index in [2.05, 4.69) is 15.5 Å². The van der Waals surface area contributed by atoms with Gasteiger partial charge in [0.25, 0.3) is 0 Å². The molecule has 2 atom stereocenters. The van der Waals surface area contributed by atoms with Gasteiger partial charge in [0, 0.05) is 23.8 Å². The summed E-state index contributed by atoms with van der Waals surface area (Å²) in [4.78, 5) is 12.7. The third-order valence-electron chi connectivity index (χ3n) is 5.54. The second-order valence-electron chi connectivity index (χ2n) is 7.71. The summed E-state index contributed by atoms with van der Waals surface area (Å²) in [7, 11) is 0. The standard InChI is InChI=1S/C21H25N5O/c1-21(22)12-4-2-6-17(21)20(27)23-16-10-8-15(9-11-16)14-19-25-24-18-7-3-5-13-26(18)19/h3,5,7-11,13,17H,2,4,6,12,14,22H2,1H3,(H,23,27). The van der Waals surface area contributed by atoms with Crippen LogP contribution in [0.5, 0.6) is 0 Å². The third kappa shape index (κ3) is 3.71. The Labute approximate surface area is 158 Å². The molecule has 2 heterocycles. The molecule has 0 aliphatic heterocycles. The van der Waals surface area contributed by atoms with Gasteiger partial charge in [-0.3, -0.25) is 9.20 Å². The van der Waals surface area contributed by atoms with Crippen LogP contribution in [0.3, 0.4) is 0 Å². The van der Waals surface area contributed by atoms with Crippen LogP contribution >= 0.6 is 0 Å². The van der Waals surface area contributed by atoms with Gasteiger partial charge in [0.1, 0.15) is 5.82 Å². The fraction of sp³-hybridized carbons (Fsp3) is 0.381. The number of nitrogens with zero attached hydrogens (tertiary/aromatic N) is 3. The number of amides is 1. The van der Waals surface area contributed by atoms with E-state index < -0.39 is 5.54 Å². The number of hydrogen-bond acceptors (Lipinski definition) is 4. The van der Waals surface area contributed by atoms with Crippen LogP contribution in [0.15, 0.2) is 48.7 Å². The molecule has 3 N–H and O–H groups in total. The maximum Gasteiger partial charge on any atom is 0.229 e. The number of fused-ring (bicyclic) bond motifs is 1. The van der Waals surface area contributed by atoms with E-state index in [-0.39, 0.29) is 11.8 Å². The molecule has 1 aliphatic rings. The van der Waals surface area contributed by atoms with Crippen molar-refractivity contribution in [1.82, 2.24) is 14.6 Å². The molecule has 1 fully saturated rings.